The van der Waals surface area contributed by atoms with Gasteiger partial charge in [0.05, 0.1) is 25.5 Å². The molecule has 3 heterocycles. The summed E-state index contributed by atoms with van der Waals surface area (Å²) in [5.74, 6) is 2.29. The van der Waals surface area contributed by atoms with Crippen LogP contribution in [0.25, 0.3) is 22.2 Å². The Morgan fingerprint density at radius 1 is 0.838 bits per heavy atom. The summed E-state index contributed by atoms with van der Waals surface area (Å²) in [7, 11) is 3.32. The van der Waals surface area contributed by atoms with Gasteiger partial charge in [0.1, 0.15) is 23.9 Å². The largest absolute Gasteiger partial charge is 0.497 e. The highest BCUT2D eigenvalue weighted by atomic mass is 16.5. The van der Waals surface area contributed by atoms with Crippen LogP contribution in [0, 0.1) is 0 Å². The molecule has 37 heavy (non-hydrogen) atoms. The number of fused-ring (bicyclic) bond motifs is 5. The molecule has 0 bridgehead atoms. The van der Waals surface area contributed by atoms with E-state index in [-0.39, 0.29) is 5.78 Å². The molecule has 0 saturated carbocycles. The molecule has 0 N–H and O–H groups in total. The second-order valence-electron chi connectivity index (χ2n) is 9.82. The molecule has 0 unspecified atom stereocenters. The first-order valence-corrected chi connectivity index (χ1v) is 13.0. The van der Waals surface area contributed by atoms with Gasteiger partial charge in [0, 0.05) is 35.1 Å². The van der Waals surface area contributed by atoms with E-state index in [0.717, 1.165) is 59.0 Å². The van der Waals surface area contributed by atoms with E-state index in [1.165, 1.54) is 24.8 Å². The number of hydrogen-bond acceptors (Lipinski definition) is 5. The smallest absolute Gasteiger partial charge is 0.195 e. The van der Waals surface area contributed by atoms with Gasteiger partial charge in [-0.1, -0.05) is 12.5 Å². The van der Waals surface area contributed by atoms with Crippen LogP contribution < -0.4 is 14.2 Å². The number of hydrogen-bond donors (Lipinski definition) is 0. The van der Waals surface area contributed by atoms with Gasteiger partial charge in [-0.25, -0.2) is 0 Å². The number of ketones is 1. The molecule has 0 atom stereocenters. The summed E-state index contributed by atoms with van der Waals surface area (Å²) in [4.78, 5) is 16.5. The summed E-state index contributed by atoms with van der Waals surface area (Å²) in [5, 5.41) is 0.898. The predicted molar refractivity (Wildman–Crippen MR) is 145 cm³/mol. The van der Waals surface area contributed by atoms with Crippen LogP contribution in [0.2, 0.25) is 0 Å². The summed E-state index contributed by atoms with van der Waals surface area (Å²) in [6, 6.07) is 19.6. The number of benzene rings is 3. The zero-order valence-electron chi connectivity index (χ0n) is 21.5. The summed E-state index contributed by atoms with van der Waals surface area (Å²) >= 11 is 0. The molecule has 6 nitrogen and oxygen atoms in total. The maximum absolute atomic E-state index is 14.0. The van der Waals surface area contributed by atoms with Gasteiger partial charge in [-0.15, -0.1) is 0 Å². The molecule has 0 aliphatic carbocycles. The van der Waals surface area contributed by atoms with Crippen molar-refractivity contribution >= 4 is 16.7 Å². The van der Waals surface area contributed by atoms with Crippen LogP contribution in [-0.2, 0) is 6.54 Å². The van der Waals surface area contributed by atoms with Crippen LogP contribution >= 0.6 is 0 Å². The van der Waals surface area contributed by atoms with Gasteiger partial charge in [-0.3, -0.25) is 9.69 Å². The number of carbonyl (C=O) groups is 1. The molecule has 6 heteroatoms. The Morgan fingerprint density at radius 2 is 1.54 bits per heavy atom. The molecule has 2 aliphatic heterocycles. The number of likely N-dealkylation sites (tertiary alicyclic amines) is 1. The van der Waals surface area contributed by atoms with Gasteiger partial charge in [-0.05, 0) is 86.1 Å². The molecule has 1 aromatic heterocycles. The van der Waals surface area contributed by atoms with Crippen molar-refractivity contribution in [1.82, 2.24) is 9.47 Å². The Balaban J connectivity index is 1.32. The molecule has 1 saturated heterocycles. The maximum atomic E-state index is 14.0. The normalized spacial score (nSPS) is 14.9. The van der Waals surface area contributed by atoms with Crippen molar-refractivity contribution in [2.45, 2.75) is 25.8 Å². The number of methoxy groups -OCH3 is 2. The monoisotopic (exact) mass is 496 g/mol. The second-order valence-corrected chi connectivity index (χ2v) is 9.82. The summed E-state index contributed by atoms with van der Waals surface area (Å²) < 4.78 is 19.2. The van der Waals surface area contributed by atoms with Crippen molar-refractivity contribution in [1.29, 1.82) is 0 Å². The minimum atomic E-state index is -0.0115. The van der Waals surface area contributed by atoms with Gasteiger partial charge >= 0.3 is 0 Å². The first-order chi connectivity index (χ1) is 18.2. The van der Waals surface area contributed by atoms with Gasteiger partial charge in [0.2, 0.25) is 0 Å². The molecule has 4 aromatic rings. The van der Waals surface area contributed by atoms with Gasteiger partial charge < -0.3 is 18.8 Å². The molecular weight excluding hydrogens is 464 g/mol. The second kappa shape index (κ2) is 9.94. The van der Waals surface area contributed by atoms with Crippen LogP contribution in [-0.4, -0.2) is 55.7 Å². The maximum Gasteiger partial charge on any atom is 0.195 e. The van der Waals surface area contributed by atoms with Gasteiger partial charge in [0.25, 0.3) is 0 Å². The number of piperidine rings is 1. The Hall–Kier alpha value is -3.77. The standard InChI is InChI=1S/C31H32N2O4/c1-35-24-11-8-22-20-33-28-13-12-25(36-2)19-27(28)29(30(33)26(22)18-24)31(34)21-6-9-23(10-7-21)37-17-16-32-14-4-3-5-15-32/h6-13,18-19H,3-5,14-17,20H2,1-2H3. The van der Waals surface area contributed by atoms with Crippen molar-refractivity contribution in [3.05, 3.63) is 77.4 Å². The highest BCUT2D eigenvalue weighted by Crippen LogP contribution is 2.44. The van der Waals surface area contributed by atoms with Gasteiger partial charge in [0.15, 0.2) is 5.78 Å². The lowest BCUT2D eigenvalue weighted by Gasteiger charge is -2.26. The highest BCUT2D eigenvalue weighted by Gasteiger charge is 2.30. The third-order valence-corrected chi connectivity index (χ3v) is 7.64. The lowest BCUT2D eigenvalue weighted by molar-refractivity contribution is 0.104. The van der Waals surface area contributed by atoms with Crippen molar-refractivity contribution < 1.29 is 19.0 Å². The van der Waals surface area contributed by atoms with E-state index in [4.69, 9.17) is 14.2 Å². The number of rotatable bonds is 8. The fourth-order valence-electron chi connectivity index (χ4n) is 5.67. The fraction of sp³-hybridized carbons (Fsp3) is 0.323. The fourth-order valence-corrected chi connectivity index (χ4v) is 5.67. The molecule has 0 amide bonds. The van der Waals surface area contributed by atoms with E-state index >= 15 is 0 Å². The molecule has 0 radical (unpaired) electrons. The molecule has 0 spiro atoms. The van der Waals surface area contributed by atoms with Gasteiger partial charge in [-0.2, -0.15) is 0 Å². The molecular formula is C31H32N2O4. The Morgan fingerprint density at radius 3 is 2.30 bits per heavy atom. The SMILES string of the molecule is COc1ccc2c(c1)-c1c(C(=O)c3ccc(OCCN4CCCCC4)cc3)c3cc(OC)ccc3n1C2. The zero-order valence-corrected chi connectivity index (χ0v) is 21.5. The van der Waals surface area contributed by atoms with E-state index in [2.05, 4.69) is 15.5 Å². The van der Waals surface area contributed by atoms with Crippen LogP contribution in [0.5, 0.6) is 17.2 Å². The third-order valence-electron chi connectivity index (χ3n) is 7.64. The van der Waals surface area contributed by atoms with Crippen LogP contribution in [0.3, 0.4) is 0 Å². The van der Waals surface area contributed by atoms with E-state index in [1.807, 2.05) is 54.6 Å². The molecule has 2 aliphatic rings. The Kier molecular flexibility index (Phi) is 6.35. The van der Waals surface area contributed by atoms with Crippen molar-refractivity contribution in [2.24, 2.45) is 0 Å². The predicted octanol–water partition coefficient (Wildman–Crippen LogP) is 5.78. The van der Waals surface area contributed by atoms with Crippen LogP contribution in [0.1, 0.15) is 40.7 Å². The zero-order chi connectivity index (χ0) is 25.4. The van der Waals surface area contributed by atoms with Crippen molar-refractivity contribution in [3.63, 3.8) is 0 Å². The van der Waals surface area contributed by atoms with Crippen LogP contribution in [0.15, 0.2) is 60.7 Å². The minimum absolute atomic E-state index is 0.0115. The third kappa shape index (κ3) is 4.36. The molecule has 190 valence electrons. The lowest BCUT2D eigenvalue weighted by Crippen LogP contribution is -2.33. The van der Waals surface area contributed by atoms with E-state index in [1.54, 1.807) is 14.2 Å². The minimum Gasteiger partial charge on any atom is -0.497 e. The first kappa shape index (κ1) is 23.6. The average Bonchev–Trinajstić information content (AvgIpc) is 3.47. The topological polar surface area (TPSA) is 52.9 Å². The Labute approximate surface area is 217 Å². The summed E-state index contributed by atoms with van der Waals surface area (Å²) in [5.41, 5.74) is 5.50. The summed E-state index contributed by atoms with van der Waals surface area (Å²) in [6.45, 7) is 4.63. The van der Waals surface area contributed by atoms with E-state index in [9.17, 15) is 4.79 Å². The molecule has 6 rings (SSSR count). The average molecular weight is 497 g/mol. The van der Waals surface area contributed by atoms with Crippen molar-refractivity contribution in [3.8, 4) is 28.5 Å². The molecule has 1 fully saturated rings. The highest BCUT2D eigenvalue weighted by molar-refractivity contribution is 6.21. The van der Waals surface area contributed by atoms with E-state index in [0.29, 0.717) is 24.3 Å². The lowest BCUT2D eigenvalue weighted by atomic mass is 9.96. The first-order valence-electron chi connectivity index (χ1n) is 13.0. The Bertz CT molecular complexity index is 1450. The number of nitrogens with zero attached hydrogens (tertiary/aromatic N) is 2. The summed E-state index contributed by atoms with van der Waals surface area (Å²) in [6.07, 6.45) is 3.88. The quantitative estimate of drug-likeness (QED) is 0.255. The number of carbonyl (C=O) groups excluding carboxylic acids is 1. The molecule has 3 aromatic carbocycles. The van der Waals surface area contributed by atoms with E-state index < -0.39 is 0 Å². The number of aromatic nitrogens is 1. The van der Waals surface area contributed by atoms with Crippen LogP contribution in [0.4, 0.5) is 0 Å². The number of ether oxygens (including phenoxy) is 3. The van der Waals surface area contributed by atoms with Crippen molar-refractivity contribution in [2.75, 3.05) is 40.5 Å².